The highest BCUT2D eigenvalue weighted by atomic mass is 35.5. The maximum atomic E-state index is 14.6. The molecule has 0 spiro atoms. The summed E-state index contributed by atoms with van der Waals surface area (Å²) in [7, 11) is -3.85. The summed E-state index contributed by atoms with van der Waals surface area (Å²) in [6.07, 6.45) is 4.81. The Hall–Kier alpha value is -1.84. The lowest BCUT2D eigenvalue weighted by Gasteiger charge is -2.17. The van der Waals surface area contributed by atoms with Crippen molar-refractivity contribution < 1.29 is 12.8 Å². The van der Waals surface area contributed by atoms with E-state index in [4.69, 9.17) is 17.3 Å². The molecule has 3 N–H and O–H groups in total. The van der Waals surface area contributed by atoms with Gasteiger partial charge in [-0.25, -0.2) is 17.8 Å². The number of nitrogens with two attached hydrogens (primary N) is 1. The van der Waals surface area contributed by atoms with Gasteiger partial charge in [-0.2, -0.15) is 0 Å². The molecular formula is C23H27ClFN3O2S2. The second-order valence-corrected chi connectivity index (χ2v) is 10.9. The van der Waals surface area contributed by atoms with E-state index in [9.17, 15) is 12.8 Å². The number of sulfone groups is 1. The maximum Gasteiger partial charge on any atom is 0.187 e. The normalized spacial score (nSPS) is 12.7. The van der Waals surface area contributed by atoms with E-state index in [-0.39, 0.29) is 21.7 Å². The van der Waals surface area contributed by atoms with E-state index in [0.717, 1.165) is 25.8 Å². The van der Waals surface area contributed by atoms with Gasteiger partial charge in [-0.1, -0.05) is 48.4 Å². The summed E-state index contributed by atoms with van der Waals surface area (Å²) in [6, 6.07) is 12.7. The number of hydrogen-bond donors (Lipinski definition) is 2. The molecule has 1 unspecified atom stereocenters. The van der Waals surface area contributed by atoms with Crippen LogP contribution in [0.15, 0.2) is 58.9 Å². The quantitative estimate of drug-likeness (QED) is 0.349. The van der Waals surface area contributed by atoms with E-state index in [0.29, 0.717) is 23.5 Å². The number of hydrogen-bond acceptors (Lipinski definition) is 6. The molecule has 172 valence electrons. The molecule has 0 aliphatic carbocycles. The highest BCUT2D eigenvalue weighted by Gasteiger charge is 2.23. The zero-order valence-electron chi connectivity index (χ0n) is 17.6. The van der Waals surface area contributed by atoms with Gasteiger partial charge in [-0.3, -0.25) is 0 Å². The Labute approximate surface area is 197 Å². The third-order valence-corrected chi connectivity index (χ3v) is 8.13. The van der Waals surface area contributed by atoms with Crippen LogP contribution >= 0.6 is 22.9 Å². The molecular weight excluding hydrogens is 469 g/mol. The van der Waals surface area contributed by atoms with Crippen LogP contribution in [0.4, 0.5) is 4.39 Å². The number of aryl methyl sites for hydroxylation is 1. The van der Waals surface area contributed by atoms with E-state index in [1.54, 1.807) is 5.38 Å². The molecule has 1 atom stereocenters. The molecule has 9 heteroatoms. The monoisotopic (exact) mass is 495 g/mol. The third-order valence-electron chi connectivity index (χ3n) is 5.18. The van der Waals surface area contributed by atoms with E-state index >= 15 is 0 Å². The van der Waals surface area contributed by atoms with Gasteiger partial charge in [0.25, 0.3) is 0 Å². The summed E-state index contributed by atoms with van der Waals surface area (Å²) >= 11 is 7.51. The molecule has 1 aromatic heterocycles. The molecule has 0 saturated carbocycles. The van der Waals surface area contributed by atoms with Gasteiger partial charge < -0.3 is 11.1 Å². The van der Waals surface area contributed by atoms with Crippen LogP contribution in [0.5, 0.6) is 0 Å². The fourth-order valence-corrected chi connectivity index (χ4v) is 6.15. The van der Waals surface area contributed by atoms with Gasteiger partial charge in [0.05, 0.1) is 0 Å². The lowest BCUT2D eigenvalue weighted by molar-refractivity contribution is 0.515. The minimum Gasteiger partial charge on any atom is -0.329 e. The predicted octanol–water partition coefficient (Wildman–Crippen LogP) is 4.91. The smallest absolute Gasteiger partial charge is 0.187 e. The molecule has 3 rings (SSSR count). The summed E-state index contributed by atoms with van der Waals surface area (Å²) in [5, 5.41) is 5.84. The van der Waals surface area contributed by atoms with Gasteiger partial charge in [0.2, 0.25) is 0 Å². The Morgan fingerprint density at radius 3 is 2.62 bits per heavy atom. The van der Waals surface area contributed by atoms with Crippen molar-refractivity contribution in [1.82, 2.24) is 10.3 Å². The Morgan fingerprint density at radius 1 is 1.16 bits per heavy atom. The van der Waals surface area contributed by atoms with E-state index in [2.05, 4.69) is 22.4 Å². The Morgan fingerprint density at radius 2 is 1.94 bits per heavy atom. The average molecular weight is 496 g/mol. The Kier molecular flexibility index (Phi) is 9.19. The number of benzene rings is 2. The van der Waals surface area contributed by atoms with E-state index in [1.807, 2.05) is 18.2 Å². The number of nitrogens with one attached hydrogen (secondary N) is 1. The number of thiazole rings is 1. The summed E-state index contributed by atoms with van der Waals surface area (Å²) in [5.41, 5.74) is 7.66. The third kappa shape index (κ3) is 6.83. The first kappa shape index (κ1) is 24.8. The minimum absolute atomic E-state index is 0.124. The van der Waals surface area contributed by atoms with Gasteiger partial charge in [0.15, 0.2) is 9.84 Å². The molecule has 32 heavy (non-hydrogen) atoms. The van der Waals surface area contributed by atoms with E-state index < -0.39 is 15.7 Å². The Balaban J connectivity index is 1.49. The maximum absolute atomic E-state index is 14.6. The summed E-state index contributed by atoms with van der Waals surface area (Å²) < 4.78 is 39.7. The van der Waals surface area contributed by atoms with Crippen molar-refractivity contribution in [3.8, 4) is 0 Å². The van der Waals surface area contributed by atoms with Crippen LogP contribution in [-0.4, -0.2) is 26.5 Å². The average Bonchev–Trinajstić information content (AvgIpc) is 3.28. The van der Waals surface area contributed by atoms with Crippen molar-refractivity contribution in [2.75, 3.05) is 13.1 Å². The fourth-order valence-electron chi connectivity index (χ4n) is 3.48. The molecule has 5 nitrogen and oxygen atoms in total. The van der Waals surface area contributed by atoms with Crippen molar-refractivity contribution in [3.05, 3.63) is 81.0 Å². The number of halogens is 2. The molecule has 0 saturated heterocycles. The second kappa shape index (κ2) is 11.9. The molecule has 3 aromatic rings. The van der Waals surface area contributed by atoms with Crippen LogP contribution in [0.25, 0.3) is 0 Å². The van der Waals surface area contributed by atoms with Crippen LogP contribution in [-0.2, 0) is 22.0 Å². The lowest BCUT2D eigenvalue weighted by Crippen LogP contribution is -2.28. The highest BCUT2D eigenvalue weighted by Crippen LogP contribution is 2.28. The van der Waals surface area contributed by atoms with Crippen LogP contribution in [0, 0.1) is 5.82 Å². The van der Waals surface area contributed by atoms with Crippen molar-refractivity contribution in [1.29, 1.82) is 0 Å². The summed E-state index contributed by atoms with van der Waals surface area (Å²) in [5.74, 6) is -1.10. The zero-order valence-corrected chi connectivity index (χ0v) is 20.0. The van der Waals surface area contributed by atoms with E-state index in [1.165, 1.54) is 35.2 Å². The SMILES string of the molecule is NCC(NCCCCCc1cc(F)c(S(=O)(=O)Cc2nccs2)cc1Cl)c1ccccc1. The van der Waals surface area contributed by atoms with Gasteiger partial charge in [0, 0.05) is 29.2 Å². The minimum atomic E-state index is -3.85. The largest absolute Gasteiger partial charge is 0.329 e. The van der Waals surface area contributed by atoms with Gasteiger partial charge in [0.1, 0.15) is 21.5 Å². The number of nitrogens with zero attached hydrogens (tertiary/aromatic N) is 1. The molecule has 1 heterocycles. The summed E-state index contributed by atoms with van der Waals surface area (Å²) in [6.45, 7) is 1.35. The van der Waals surface area contributed by atoms with Gasteiger partial charge in [-0.15, -0.1) is 11.3 Å². The standard InChI is InChI=1S/C23H27ClFN3O2S2/c24-19-14-22(32(29,30)16-23-28-11-12-31-23)20(25)13-18(19)9-5-2-6-10-27-21(15-26)17-7-3-1-4-8-17/h1,3-4,7-8,11-14,21,27H,2,5-6,9-10,15-16,26H2. The molecule has 0 bridgehead atoms. The molecule has 0 amide bonds. The van der Waals surface area contributed by atoms with Crippen molar-refractivity contribution in [2.45, 2.75) is 42.4 Å². The van der Waals surface area contributed by atoms with Crippen LogP contribution < -0.4 is 11.1 Å². The molecule has 0 aliphatic rings. The van der Waals surface area contributed by atoms with Gasteiger partial charge in [-0.05, 0) is 49.1 Å². The Bertz CT molecular complexity index is 1090. The van der Waals surface area contributed by atoms with Crippen LogP contribution in [0.2, 0.25) is 5.02 Å². The van der Waals surface area contributed by atoms with Crippen molar-refractivity contribution in [3.63, 3.8) is 0 Å². The molecule has 0 aliphatic heterocycles. The molecule has 0 fully saturated rings. The van der Waals surface area contributed by atoms with Crippen LogP contribution in [0.3, 0.4) is 0 Å². The first-order chi connectivity index (χ1) is 15.4. The lowest BCUT2D eigenvalue weighted by atomic mass is 10.1. The summed E-state index contributed by atoms with van der Waals surface area (Å²) in [4.78, 5) is 3.59. The second-order valence-electron chi connectivity index (χ2n) is 7.52. The zero-order chi connectivity index (χ0) is 23.0. The fraction of sp³-hybridized carbons (Fsp3) is 0.348. The topological polar surface area (TPSA) is 85.1 Å². The van der Waals surface area contributed by atoms with Crippen molar-refractivity contribution >= 4 is 32.8 Å². The first-order valence-corrected chi connectivity index (χ1v) is 13.4. The van der Waals surface area contributed by atoms with Crippen molar-refractivity contribution in [2.24, 2.45) is 5.73 Å². The molecule has 0 radical (unpaired) electrons. The predicted molar refractivity (Wildman–Crippen MR) is 128 cm³/mol. The number of rotatable bonds is 12. The highest BCUT2D eigenvalue weighted by molar-refractivity contribution is 7.90. The molecule has 2 aromatic carbocycles. The number of unbranched alkanes of at least 4 members (excludes halogenated alkanes) is 2. The number of aromatic nitrogens is 1. The first-order valence-electron chi connectivity index (χ1n) is 10.5. The van der Waals surface area contributed by atoms with Gasteiger partial charge >= 0.3 is 0 Å². The van der Waals surface area contributed by atoms with Crippen LogP contribution in [0.1, 0.15) is 41.4 Å².